The summed E-state index contributed by atoms with van der Waals surface area (Å²) in [4.78, 5) is 20.2. The minimum atomic E-state index is -0.256. The second-order valence-corrected chi connectivity index (χ2v) is 10.4. The van der Waals surface area contributed by atoms with Crippen LogP contribution < -0.4 is 15.0 Å². The first-order valence-corrected chi connectivity index (χ1v) is 13.6. The Kier molecular flexibility index (Phi) is 7.67. The van der Waals surface area contributed by atoms with E-state index in [9.17, 15) is 4.79 Å². The molecule has 0 aliphatic carbocycles. The summed E-state index contributed by atoms with van der Waals surface area (Å²) in [5, 5.41) is 13.9. The SMILES string of the molecule is CC[C@@H]1CCCN(c2c(NC(=O)c3csc(-c4ccnnc4)n3)ccc(Oc3ccccc3Cl)c2C)C1. The van der Waals surface area contributed by atoms with Crippen molar-refractivity contribution in [1.82, 2.24) is 15.2 Å². The summed E-state index contributed by atoms with van der Waals surface area (Å²) in [6.07, 6.45) is 6.70. The second kappa shape index (κ2) is 11.3. The lowest BCUT2D eigenvalue weighted by Gasteiger charge is -2.36. The van der Waals surface area contributed by atoms with Gasteiger partial charge in [-0.3, -0.25) is 4.79 Å². The molecule has 2 aromatic heterocycles. The minimum absolute atomic E-state index is 0.256. The van der Waals surface area contributed by atoms with Crippen LogP contribution in [0.4, 0.5) is 11.4 Å². The van der Waals surface area contributed by atoms with Crippen LogP contribution in [0.5, 0.6) is 11.5 Å². The van der Waals surface area contributed by atoms with Crippen molar-refractivity contribution < 1.29 is 9.53 Å². The van der Waals surface area contributed by atoms with Gasteiger partial charge in [0.15, 0.2) is 0 Å². The average Bonchev–Trinajstić information content (AvgIpc) is 3.43. The van der Waals surface area contributed by atoms with Crippen molar-refractivity contribution in [3.8, 4) is 22.1 Å². The van der Waals surface area contributed by atoms with E-state index in [1.54, 1.807) is 17.8 Å². The largest absolute Gasteiger partial charge is 0.455 e. The molecule has 190 valence electrons. The van der Waals surface area contributed by atoms with Gasteiger partial charge in [0.25, 0.3) is 5.91 Å². The number of piperidine rings is 1. The number of hydrogen-bond acceptors (Lipinski definition) is 7. The maximum atomic E-state index is 13.3. The summed E-state index contributed by atoms with van der Waals surface area (Å²) in [5.74, 6) is 1.66. The molecule has 4 aromatic rings. The molecule has 9 heteroatoms. The second-order valence-electron chi connectivity index (χ2n) is 9.10. The van der Waals surface area contributed by atoms with Gasteiger partial charge in [0, 0.05) is 29.6 Å². The van der Waals surface area contributed by atoms with E-state index >= 15 is 0 Å². The molecule has 0 radical (unpaired) electrons. The third-order valence-corrected chi connectivity index (χ3v) is 7.87. The molecule has 1 aliphatic rings. The van der Waals surface area contributed by atoms with Crippen molar-refractivity contribution in [3.05, 3.63) is 76.5 Å². The summed E-state index contributed by atoms with van der Waals surface area (Å²) in [6.45, 7) is 6.13. The first-order valence-electron chi connectivity index (χ1n) is 12.4. The van der Waals surface area contributed by atoms with Gasteiger partial charge in [0.1, 0.15) is 22.2 Å². The fourth-order valence-corrected chi connectivity index (χ4v) is 5.63. The molecule has 2 aromatic carbocycles. The van der Waals surface area contributed by atoms with Crippen LogP contribution in [0.2, 0.25) is 5.02 Å². The molecule has 0 saturated carbocycles. The number of nitrogens with zero attached hydrogens (tertiary/aromatic N) is 4. The molecule has 5 rings (SSSR count). The molecular formula is C28H28ClN5O2S. The first kappa shape index (κ1) is 25.2. The van der Waals surface area contributed by atoms with Crippen molar-refractivity contribution in [1.29, 1.82) is 0 Å². The van der Waals surface area contributed by atoms with Gasteiger partial charge in [0.2, 0.25) is 0 Å². The van der Waals surface area contributed by atoms with Crippen LogP contribution in [-0.4, -0.2) is 34.2 Å². The smallest absolute Gasteiger partial charge is 0.275 e. The van der Waals surface area contributed by atoms with Crippen molar-refractivity contribution in [3.63, 3.8) is 0 Å². The molecule has 3 heterocycles. The fraction of sp³-hybridized carbons (Fsp3) is 0.286. The van der Waals surface area contributed by atoms with E-state index in [0.29, 0.717) is 28.1 Å². The van der Waals surface area contributed by atoms with E-state index in [2.05, 4.69) is 32.3 Å². The number of hydrogen-bond donors (Lipinski definition) is 1. The monoisotopic (exact) mass is 533 g/mol. The van der Waals surface area contributed by atoms with Crippen LogP contribution in [0.15, 0.2) is 60.2 Å². The molecule has 1 aliphatic heterocycles. The molecule has 1 N–H and O–H groups in total. The molecule has 7 nitrogen and oxygen atoms in total. The van der Waals surface area contributed by atoms with Crippen LogP contribution in [-0.2, 0) is 0 Å². The number of nitrogens with one attached hydrogen (secondary N) is 1. The number of ether oxygens (including phenoxy) is 1. The number of anilines is 2. The normalized spacial score (nSPS) is 15.4. The van der Waals surface area contributed by atoms with Crippen LogP contribution >= 0.6 is 22.9 Å². The number of benzene rings is 2. The Morgan fingerprint density at radius 2 is 2.05 bits per heavy atom. The average molecular weight is 534 g/mol. The summed E-state index contributed by atoms with van der Waals surface area (Å²) >= 11 is 7.76. The van der Waals surface area contributed by atoms with E-state index < -0.39 is 0 Å². The number of aromatic nitrogens is 3. The molecule has 0 spiro atoms. The lowest BCUT2D eigenvalue weighted by Crippen LogP contribution is -2.36. The standard InChI is InChI=1S/C28H28ClN5O2S/c1-3-19-7-6-14-34(16-19)26-18(2)24(36-25-9-5-4-8-21(25)29)11-10-22(26)32-27(35)23-17-37-28(33-23)20-12-13-30-31-15-20/h4-5,8-13,15,17,19H,3,6-7,14,16H2,1-2H3,(H,32,35)/t19-/m1/s1. The Morgan fingerprint density at radius 1 is 1.19 bits per heavy atom. The van der Waals surface area contributed by atoms with Crippen molar-refractivity contribution in [2.45, 2.75) is 33.1 Å². The number of amides is 1. The zero-order chi connectivity index (χ0) is 25.8. The number of carbonyl (C=O) groups is 1. The highest BCUT2D eigenvalue weighted by molar-refractivity contribution is 7.13. The van der Waals surface area contributed by atoms with Crippen LogP contribution in [0.3, 0.4) is 0 Å². The van der Waals surface area contributed by atoms with E-state index in [-0.39, 0.29) is 5.91 Å². The van der Waals surface area contributed by atoms with Crippen LogP contribution in [0.1, 0.15) is 42.2 Å². The topological polar surface area (TPSA) is 80.2 Å². The Morgan fingerprint density at radius 3 is 2.84 bits per heavy atom. The Hall–Kier alpha value is -3.49. The third-order valence-electron chi connectivity index (χ3n) is 6.67. The van der Waals surface area contributed by atoms with E-state index in [1.807, 2.05) is 49.4 Å². The number of para-hydroxylation sites is 1. The number of thiazole rings is 1. The van der Waals surface area contributed by atoms with Gasteiger partial charge in [-0.15, -0.1) is 11.3 Å². The Bertz CT molecular complexity index is 1390. The summed E-state index contributed by atoms with van der Waals surface area (Å²) in [5.41, 5.74) is 3.87. The number of rotatable bonds is 7. The molecule has 0 unspecified atom stereocenters. The van der Waals surface area contributed by atoms with Crippen molar-refractivity contribution in [2.75, 3.05) is 23.3 Å². The summed E-state index contributed by atoms with van der Waals surface area (Å²) in [7, 11) is 0. The lowest BCUT2D eigenvalue weighted by molar-refractivity contribution is 0.102. The minimum Gasteiger partial charge on any atom is -0.455 e. The quantitative estimate of drug-likeness (QED) is 0.270. The predicted octanol–water partition coefficient (Wildman–Crippen LogP) is 7.23. The van der Waals surface area contributed by atoms with Gasteiger partial charge in [-0.1, -0.05) is 37.1 Å². The molecule has 1 fully saturated rings. The molecule has 1 amide bonds. The van der Waals surface area contributed by atoms with Crippen LogP contribution in [0, 0.1) is 12.8 Å². The van der Waals surface area contributed by atoms with E-state index in [0.717, 1.165) is 53.4 Å². The van der Waals surface area contributed by atoms with Crippen molar-refractivity contribution in [2.24, 2.45) is 5.92 Å². The van der Waals surface area contributed by atoms with Crippen molar-refractivity contribution >= 4 is 40.2 Å². The summed E-state index contributed by atoms with van der Waals surface area (Å²) < 4.78 is 6.23. The van der Waals surface area contributed by atoms with Gasteiger partial charge in [-0.2, -0.15) is 10.2 Å². The van der Waals surface area contributed by atoms with Gasteiger partial charge < -0.3 is 15.0 Å². The fourth-order valence-electron chi connectivity index (χ4n) is 4.66. The van der Waals surface area contributed by atoms with Gasteiger partial charge in [-0.05, 0) is 56.0 Å². The maximum absolute atomic E-state index is 13.3. The first-order chi connectivity index (χ1) is 18.0. The van der Waals surface area contributed by atoms with E-state index in [1.165, 1.54) is 17.8 Å². The molecule has 1 atom stereocenters. The Labute approximate surface area is 225 Å². The number of halogens is 1. The molecule has 37 heavy (non-hydrogen) atoms. The predicted molar refractivity (Wildman–Crippen MR) is 149 cm³/mol. The van der Waals surface area contributed by atoms with Crippen LogP contribution in [0.25, 0.3) is 10.6 Å². The van der Waals surface area contributed by atoms with E-state index in [4.69, 9.17) is 16.3 Å². The van der Waals surface area contributed by atoms with Gasteiger partial charge >= 0.3 is 0 Å². The third kappa shape index (κ3) is 5.60. The number of carbonyl (C=O) groups excluding carboxylic acids is 1. The maximum Gasteiger partial charge on any atom is 0.275 e. The molecule has 0 bridgehead atoms. The summed E-state index contributed by atoms with van der Waals surface area (Å²) in [6, 6.07) is 13.0. The zero-order valence-electron chi connectivity index (χ0n) is 20.8. The highest BCUT2D eigenvalue weighted by Crippen LogP contribution is 2.41. The lowest BCUT2D eigenvalue weighted by atomic mass is 9.94. The highest BCUT2D eigenvalue weighted by atomic mass is 35.5. The zero-order valence-corrected chi connectivity index (χ0v) is 22.4. The van der Waals surface area contributed by atoms with Gasteiger partial charge in [-0.25, -0.2) is 4.98 Å². The Balaban J connectivity index is 1.46. The molecular weight excluding hydrogens is 506 g/mol. The van der Waals surface area contributed by atoms with Gasteiger partial charge in [0.05, 0.1) is 28.8 Å². The highest BCUT2D eigenvalue weighted by Gasteiger charge is 2.25. The molecule has 1 saturated heterocycles.